The van der Waals surface area contributed by atoms with Crippen molar-refractivity contribution in [3.05, 3.63) is 423 Å². The van der Waals surface area contributed by atoms with Gasteiger partial charge in [-0.05, 0) is 332 Å². The second-order valence-electron chi connectivity index (χ2n) is 33.7. The summed E-state index contributed by atoms with van der Waals surface area (Å²) < 4.78 is 0. The Labute approximate surface area is 684 Å². The molecule has 0 radical (unpaired) electrons. The maximum atomic E-state index is 2.42. The van der Waals surface area contributed by atoms with Gasteiger partial charge >= 0.3 is 0 Å². The molecular weight excluding hydrogens is 1430 g/mol. The summed E-state index contributed by atoms with van der Waals surface area (Å²) >= 11 is 0. The van der Waals surface area contributed by atoms with Gasteiger partial charge in [0.2, 0.25) is 0 Å². The van der Waals surface area contributed by atoms with E-state index < -0.39 is 0 Å². The van der Waals surface area contributed by atoms with Gasteiger partial charge in [-0.1, -0.05) is 352 Å². The van der Waals surface area contributed by atoms with Crippen LogP contribution in [0.25, 0.3) is 261 Å². The smallest absolute Gasteiger partial charge is 0.0619 e. The summed E-state index contributed by atoms with van der Waals surface area (Å²) in [6.45, 7) is 0. The third-order valence-electron chi connectivity index (χ3n) is 28.2. The molecule has 0 saturated carbocycles. The standard InChI is InChI=1S/C40H20.C33H20.C26H14.C20H12/c1-2-6-22-18-34-30-14-10-26-28-12-16-32-36-20-24-8-4-3-7-23(24)19-35(36)31-15-11-27(38(28)40(31)32)25-9-13-29(39(30)37(25)26)33(34)17-21(22)5-1;1-3-11-23-21(9-1)17-19-29-31(23)25-13-5-7-15-27(25)33(29)28-16-8-6-14-26(28)32-24-12-4-2-10-22(24)18-20-30(32)33;1-5-15-6-2-10-18-22-14-24-20-12-4-8-16-7-3-11-19(26(16)20)23(24)13-21(22)17(9-1)25(15)18;1-2-6-15-12-19-17-10-4-8-13-7-3-9-16(20(13)17)18(19)11-14(15)5-1/h1-20H;1-20H;1-14H;1-12H. The molecule has 1 spiro atoms. The molecule has 31 rings (SSSR count). The van der Waals surface area contributed by atoms with Crippen molar-refractivity contribution in [1.82, 2.24) is 0 Å². The van der Waals surface area contributed by atoms with Gasteiger partial charge in [0.05, 0.1) is 5.41 Å². The van der Waals surface area contributed by atoms with Gasteiger partial charge in [-0.2, -0.15) is 0 Å². The fourth-order valence-corrected chi connectivity index (χ4v) is 23.4. The Kier molecular flexibility index (Phi) is 12.6. The van der Waals surface area contributed by atoms with Crippen LogP contribution >= 0.6 is 0 Å². The first kappa shape index (κ1) is 64.0. The van der Waals surface area contributed by atoms with E-state index in [0.717, 1.165) is 0 Å². The highest BCUT2D eigenvalue weighted by atomic mass is 14.5. The van der Waals surface area contributed by atoms with Crippen LogP contribution < -0.4 is 0 Å². The summed E-state index contributed by atoms with van der Waals surface area (Å²) in [6.07, 6.45) is 0. The lowest BCUT2D eigenvalue weighted by atomic mass is 9.70. The van der Waals surface area contributed by atoms with Gasteiger partial charge < -0.3 is 0 Å². The molecule has 0 fully saturated rings. The zero-order chi connectivity index (χ0) is 77.2. The lowest BCUT2D eigenvalue weighted by Crippen LogP contribution is -2.25. The molecule has 0 heterocycles. The lowest BCUT2D eigenvalue weighted by molar-refractivity contribution is 0.795. The lowest BCUT2D eigenvalue weighted by Gasteiger charge is -2.30. The third kappa shape index (κ3) is 8.41. The van der Waals surface area contributed by atoms with E-state index in [1.165, 1.54) is 284 Å². The average molecular weight is 1500 g/mol. The van der Waals surface area contributed by atoms with E-state index in [1.54, 1.807) is 0 Å². The molecule has 0 N–H and O–H groups in total. The minimum atomic E-state index is -0.286. The van der Waals surface area contributed by atoms with Crippen LogP contribution in [0.3, 0.4) is 0 Å². The number of hydrogen-bond donors (Lipinski definition) is 0. The van der Waals surface area contributed by atoms with Crippen LogP contribution in [0.5, 0.6) is 0 Å². The van der Waals surface area contributed by atoms with Crippen LogP contribution in [0.1, 0.15) is 22.3 Å². The van der Waals surface area contributed by atoms with Crippen molar-refractivity contribution in [2.24, 2.45) is 0 Å². The minimum Gasteiger partial charge on any atom is -0.0619 e. The van der Waals surface area contributed by atoms with Crippen LogP contribution in [0.15, 0.2) is 400 Å². The molecule has 0 nitrogen and oxygen atoms in total. The fraction of sp³-hybridized carbons (Fsp3) is 0.00840. The van der Waals surface area contributed by atoms with Crippen molar-refractivity contribution < 1.29 is 0 Å². The van der Waals surface area contributed by atoms with E-state index in [9.17, 15) is 0 Å². The number of hydrogen-bond acceptors (Lipinski definition) is 0. The van der Waals surface area contributed by atoms with Crippen LogP contribution in [-0.4, -0.2) is 0 Å². The summed E-state index contributed by atoms with van der Waals surface area (Å²) in [5.74, 6) is 0. The Morgan fingerprint density at radius 3 is 0.689 bits per heavy atom. The van der Waals surface area contributed by atoms with Crippen LogP contribution in [0, 0.1) is 0 Å². The van der Waals surface area contributed by atoms with E-state index in [-0.39, 0.29) is 5.41 Å². The van der Waals surface area contributed by atoms with Gasteiger partial charge in [-0.25, -0.2) is 0 Å². The van der Waals surface area contributed by atoms with Gasteiger partial charge in [0.25, 0.3) is 0 Å². The summed E-state index contributed by atoms with van der Waals surface area (Å²) in [7, 11) is 0. The molecule has 542 valence electrons. The molecule has 0 heteroatoms. The third-order valence-corrected chi connectivity index (χ3v) is 28.2. The molecule has 26 aromatic rings. The monoisotopic (exact) mass is 1490 g/mol. The molecule has 119 heavy (non-hydrogen) atoms. The Morgan fingerprint density at radius 2 is 0.353 bits per heavy atom. The summed E-state index contributed by atoms with van der Waals surface area (Å²) in [5.41, 5.74) is 27.2. The number of fused-ring (bicyclic) bond motifs is 34. The maximum absolute atomic E-state index is 2.42. The van der Waals surface area contributed by atoms with Crippen LogP contribution in [0.2, 0.25) is 0 Å². The predicted octanol–water partition coefficient (Wildman–Crippen LogP) is 32.8. The highest BCUT2D eigenvalue weighted by Crippen LogP contribution is 2.65. The molecule has 0 aliphatic heterocycles. The normalized spacial score (nSPS) is 13.1. The average Bonchev–Trinajstić information content (AvgIpc) is 1.50. The quantitative estimate of drug-likeness (QED) is 0.105. The number of benzene rings is 24. The topological polar surface area (TPSA) is 0 Å². The first-order chi connectivity index (χ1) is 59.0. The molecule has 0 atom stereocenters. The van der Waals surface area contributed by atoms with Gasteiger partial charge in [0.15, 0.2) is 0 Å². The summed E-state index contributed by atoms with van der Waals surface area (Å²) in [6, 6.07) is 149. The molecule has 0 bridgehead atoms. The van der Waals surface area contributed by atoms with Gasteiger partial charge in [-0.3, -0.25) is 0 Å². The molecule has 0 amide bonds. The predicted molar refractivity (Wildman–Crippen MR) is 509 cm³/mol. The van der Waals surface area contributed by atoms with E-state index >= 15 is 0 Å². The van der Waals surface area contributed by atoms with Crippen LogP contribution in [0.4, 0.5) is 0 Å². The Balaban J connectivity index is 0.0000000848. The zero-order valence-corrected chi connectivity index (χ0v) is 64.6. The molecule has 0 unspecified atom stereocenters. The Hall–Kier alpha value is -15.3. The first-order valence-corrected chi connectivity index (χ1v) is 41.8. The molecule has 5 aliphatic rings. The summed E-state index contributed by atoms with van der Waals surface area (Å²) in [5, 5.41) is 43.4. The SMILES string of the molecule is c1cc2cccc3c4cc5c(cc4c(c1)c23)c1cccc2cccc5c21.c1ccc2c(c1)-c1c(ccc3ccccc13)C21c2ccccc2-c2c1ccc1ccccc21.c1ccc2cc3c(cc2c1)-c1ccc2c4ccc5c6c(ccc(c7ccc-3c1c27)c64)-c1cc2ccccc2cc1-5.c1ccc2cc3c(cc2c1)-c1cccc2cccc-3c12. The van der Waals surface area contributed by atoms with Crippen molar-refractivity contribution >= 4 is 172 Å². The second-order valence-corrected chi connectivity index (χ2v) is 33.7. The Morgan fingerprint density at radius 1 is 0.109 bits per heavy atom. The summed E-state index contributed by atoms with van der Waals surface area (Å²) in [4.78, 5) is 0. The van der Waals surface area contributed by atoms with E-state index in [4.69, 9.17) is 0 Å². The van der Waals surface area contributed by atoms with E-state index in [0.29, 0.717) is 0 Å². The molecule has 0 saturated heterocycles. The van der Waals surface area contributed by atoms with E-state index in [2.05, 4.69) is 400 Å². The largest absolute Gasteiger partial charge is 0.0725 e. The Bertz CT molecular complexity index is 8260. The fourth-order valence-electron chi connectivity index (χ4n) is 23.4. The first-order valence-electron chi connectivity index (χ1n) is 41.8. The van der Waals surface area contributed by atoms with Crippen LogP contribution in [-0.2, 0) is 5.41 Å². The molecule has 5 aliphatic carbocycles. The highest BCUT2D eigenvalue weighted by molar-refractivity contribution is 6.41. The van der Waals surface area contributed by atoms with Crippen molar-refractivity contribution in [2.75, 3.05) is 0 Å². The van der Waals surface area contributed by atoms with Gasteiger partial charge in [0.1, 0.15) is 0 Å². The van der Waals surface area contributed by atoms with Crippen molar-refractivity contribution in [1.29, 1.82) is 0 Å². The van der Waals surface area contributed by atoms with Gasteiger partial charge in [-0.15, -0.1) is 0 Å². The second kappa shape index (κ2) is 23.5. The number of rotatable bonds is 0. The molecule has 0 aromatic heterocycles. The minimum absolute atomic E-state index is 0.286. The molecular formula is C119H66. The highest BCUT2D eigenvalue weighted by Gasteiger charge is 2.52. The molecule has 26 aromatic carbocycles. The van der Waals surface area contributed by atoms with Crippen molar-refractivity contribution in [3.8, 4) is 89.0 Å². The van der Waals surface area contributed by atoms with Gasteiger partial charge in [0, 0.05) is 0 Å². The van der Waals surface area contributed by atoms with Crippen molar-refractivity contribution in [3.63, 3.8) is 0 Å². The van der Waals surface area contributed by atoms with E-state index in [1.807, 2.05) is 0 Å². The zero-order valence-electron chi connectivity index (χ0n) is 64.6. The van der Waals surface area contributed by atoms with Crippen molar-refractivity contribution in [2.45, 2.75) is 5.41 Å². The maximum Gasteiger partial charge on any atom is 0.0725 e.